The second-order valence-electron chi connectivity index (χ2n) is 6.17. The molecule has 2 unspecified atom stereocenters. The number of carbonyl (C=O) groups is 1. The monoisotopic (exact) mass is 332 g/mol. The standard InChI is InChI=1S/C17H20N2OS2/c20-17(13-5-7-18(11-13)15-3-1-9-21-15)14-6-8-19(12-14)16-4-2-10-22-16/h1-4,9-10,13-14H,5-8,11-12H2. The number of hydrogen-bond donors (Lipinski definition) is 0. The van der Waals surface area contributed by atoms with Gasteiger partial charge in [-0.25, -0.2) is 0 Å². The highest BCUT2D eigenvalue weighted by atomic mass is 32.1. The number of Topliss-reactive ketones (excluding diaryl/α,β-unsaturated/α-hetero) is 1. The maximum absolute atomic E-state index is 12.8. The lowest BCUT2D eigenvalue weighted by Gasteiger charge is -2.18. The first-order valence-electron chi connectivity index (χ1n) is 7.92. The van der Waals surface area contributed by atoms with Gasteiger partial charge in [-0.2, -0.15) is 0 Å². The summed E-state index contributed by atoms with van der Waals surface area (Å²) >= 11 is 3.55. The van der Waals surface area contributed by atoms with Crippen molar-refractivity contribution in [2.24, 2.45) is 11.8 Å². The van der Waals surface area contributed by atoms with Gasteiger partial charge in [-0.1, -0.05) is 0 Å². The average Bonchev–Trinajstić information content (AvgIpc) is 3.35. The molecule has 0 aromatic carbocycles. The van der Waals surface area contributed by atoms with Gasteiger partial charge in [0, 0.05) is 38.0 Å². The molecule has 2 atom stereocenters. The number of rotatable bonds is 4. The SMILES string of the molecule is O=C(C1CCN(c2cccs2)C1)C1CCN(c2cccs2)C1. The summed E-state index contributed by atoms with van der Waals surface area (Å²) in [5.74, 6) is 0.962. The van der Waals surface area contributed by atoms with Crippen molar-refractivity contribution in [2.45, 2.75) is 12.8 Å². The molecule has 0 bridgehead atoms. The molecule has 2 fully saturated rings. The molecule has 2 aliphatic heterocycles. The van der Waals surface area contributed by atoms with E-state index in [-0.39, 0.29) is 11.8 Å². The van der Waals surface area contributed by atoms with E-state index in [0.717, 1.165) is 39.0 Å². The summed E-state index contributed by atoms with van der Waals surface area (Å²) in [5, 5.41) is 6.84. The maximum atomic E-state index is 12.8. The van der Waals surface area contributed by atoms with Crippen molar-refractivity contribution < 1.29 is 4.79 Å². The van der Waals surface area contributed by atoms with Crippen LogP contribution in [0, 0.1) is 11.8 Å². The molecule has 2 aromatic rings. The lowest BCUT2D eigenvalue weighted by molar-refractivity contribution is -0.125. The summed E-state index contributed by atoms with van der Waals surface area (Å²) in [6.07, 6.45) is 2.04. The molecule has 2 aliphatic rings. The topological polar surface area (TPSA) is 23.6 Å². The fraction of sp³-hybridized carbons (Fsp3) is 0.471. The van der Waals surface area contributed by atoms with Crippen LogP contribution in [0.5, 0.6) is 0 Å². The van der Waals surface area contributed by atoms with Crippen molar-refractivity contribution >= 4 is 38.5 Å². The Labute approximate surface area is 139 Å². The third kappa shape index (κ3) is 2.68. The van der Waals surface area contributed by atoms with Crippen LogP contribution in [0.15, 0.2) is 35.0 Å². The molecule has 4 heterocycles. The minimum Gasteiger partial charge on any atom is -0.363 e. The molecule has 0 aliphatic carbocycles. The first kappa shape index (κ1) is 14.3. The van der Waals surface area contributed by atoms with E-state index in [0.29, 0.717) is 5.78 Å². The normalized spacial score (nSPS) is 25.1. The molecular weight excluding hydrogens is 312 g/mol. The highest BCUT2D eigenvalue weighted by Gasteiger charge is 2.36. The maximum Gasteiger partial charge on any atom is 0.142 e. The first-order valence-corrected chi connectivity index (χ1v) is 9.68. The summed E-state index contributed by atoms with van der Waals surface area (Å²) in [6.45, 7) is 3.88. The van der Waals surface area contributed by atoms with E-state index in [1.807, 2.05) is 0 Å². The van der Waals surface area contributed by atoms with E-state index in [4.69, 9.17) is 0 Å². The number of ketones is 1. The fourth-order valence-electron chi connectivity index (χ4n) is 3.62. The Bertz CT molecular complexity index is 569. The summed E-state index contributed by atoms with van der Waals surface area (Å²) in [6, 6.07) is 8.49. The molecule has 2 saturated heterocycles. The van der Waals surface area contributed by atoms with Gasteiger partial charge in [0.05, 0.1) is 10.0 Å². The molecule has 4 rings (SSSR count). The molecule has 22 heavy (non-hydrogen) atoms. The van der Waals surface area contributed by atoms with Gasteiger partial charge in [-0.05, 0) is 47.9 Å². The third-order valence-corrected chi connectivity index (χ3v) is 6.67. The molecule has 116 valence electrons. The van der Waals surface area contributed by atoms with Crippen LogP contribution in [0.4, 0.5) is 10.0 Å². The van der Waals surface area contributed by atoms with Gasteiger partial charge in [0.25, 0.3) is 0 Å². The van der Waals surface area contributed by atoms with E-state index in [2.05, 4.69) is 44.8 Å². The fourth-order valence-corrected chi connectivity index (χ4v) is 5.16. The smallest absolute Gasteiger partial charge is 0.142 e. The lowest BCUT2D eigenvalue weighted by Crippen LogP contribution is -2.29. The molecule has 0 amide bonds. The Morgan fingerprint density at radius 3 is 1.82 bits per heavy atom. The van der Waals surface area contributed by atoms with Crippen LogP contribution < -0.4 is 9.80 Å². The number of thiophene rings is 2. The summed E-state index contributed by atoms with van der Waals surface area (Å²) in [7, 11) is 0. The van der Waals surface area contributed by atoms with Crippen molar-refractivity contribution in [3.8, 4) is 0 Å². The Kier molecular flexibility index (Phi) is 3.92. The van der Waals surface area contributed by atoms with E-state index >= 15 is 0 Å². The number of nitrogens with zero attached hydrogens (tertiary/aromatic N) is 2. The zero-order valence-corrected chi connectivity index (χ0v) is 14.1. The highest BCUT2D eigenvalue weighted by molar-refractivity contribution is 7.14. The van der Waals surface area contributed by atoms with E-state index in [1.165, 1.54) is 10.0 Å². The van der Waals surface area contributed by atoms with Crippen molar-refractivity contribution in [1.29, 1.82) is 0 Å². The molecule has 0 spiro atoms. The van der Waals surface area contributed by atoms with Crippen LogP contribution in [0.25, 0.3) is 0 Å². The Hall–Kier alpha value is -1.33. The lowest BCUT2D eigenvalue weighted by atomic mass is 9.91. The first-order chi connectivity index (χ1) is 10.8. The van der Waals surface area contributed by atoms with Gasteiger partial charge in [0.15, 0.2) is 0 Å². The zero-order valence-electron chi connectivity index (χ0n) is 12.5. The van der Waals surface area contributed by atoms with Gasteiger partial charge in [-0.15, -0.1) is 22.7 Å². The second-order valence-corrected chi connectivity index (χ2v) is 8.02. The van der Waals surface area contributed by atoms with E-state index in [9.17, 15) is 4.79 Å². The molecule has 0 radical (unpaired) electrons. The van der Waals surface area contributed by atoms with Crippen LogP contribution in [0.2, 0.25) is 0 Å². The van der Waals surface area contributed by atoms with Crippen LogP contribution in [-0.4, -0.2) is 32.0 Å². The molecule has 2 aromatic heterocycles. The number of hydrogen-bond acceptors (Lipinski definition) is 5. The summed E-state index contributed by atoms with van der Waals surface area (Å²) in [4.78, 5) is 17.6. The Morgan fingerprint density at radius 1 is 0.909 bits per heavy atom. The van der Waals surface area contributed by atoms with Crippen molar-refractivity contribution in [2.75, 3.05) is 36.0 Å². The van der Waals surface area contributed by atoms with Crippen LogP contribution in [0.3, 0.4) is 0 Å². The zero-order chi connectivity index (χ0) is 14.9. The largest absolute Gasteiger partial charge is 0.363 e. The van der Waals surface area contributed by atoms with Gasteiger partial charge >= 0.3 is 0 Å². The predicted octanol–water partition coefficient (Wildman–Crippen LogP) is 3.73. The molecule has 3 nitrogen and oxygen atoms in total. The Balaban J connectivity index is 1.37. The van der Waals surface area contributed by atoms with E-state index in [1.54, 1.807) is 22.7 Å². The minimum atomic E-state index is 0.232. The Morgan fingerprint density at radius 2 is 1.41 bits per heavy atom. The quantitative estimate of drug-likeness (QED) is 0.852. The van der Waals surface area contributed by atoms with Crippen molar-refractivity contribution in [1.82, 2.24) is 0 Å². The van der Waals surface area contributed by atoms with Crippen LogP contribution in [0.1, 0.15) is 12.8 Å². The summed E-state index contributed by atoms with van der Waals surface area (Å²) < 4.78 is 0. The number of carbonyl (C=O) groups excluding carboxylic acids is 1. The van der Waals surface area contributed by atoms with E-state index < -0.39 is 0 Å². The highest BCUT2D eigenvalue weighted by Crippen LogP contribution is 2.33. The third-order valence-electron chi connectivity index (χ3n) is 4.82. The summed E-state index contributed by atoms with van der Waals surface area (Å²) in [5.41, 5.74) is 0. The van der Waals surface area contributed by atoms with Crippen LogP contribution >= 0.6 is 22.7 Å². The predicted molar refractivity (Wildman–Crippen MR) is 94.3 cm³/mol. The molecule has 5 heteroatoms. The van der Waals surface area contributed by atoms with Gasteiger partial charge < -0.3 is 9.80 Å². The average molecular weight is 332 g/mol. The molecular formula is C17H20N2OS2. The molecule has 0 N–H and O–H groups in total. The molecule has 0 saturated carbocycles. The van der Waals surface area contributed by atoms with Gasteiger partial charge in [-0.3, -0.25) is 4.79 Å². The van der Waals surface area contributed by atoms with Gasteiger partial charge in [0.2, 0.25) is 0 Å². The van der Waals surface area contributed by atoms with Crippen molar-refractivity contribution in [3.05, 3.63) is 35.0 Å². The minimum absolute atomic E-state index is 0.232. The second kappa shape index (κ2) is 6.05. The van der Waals surface area contributed by atoms with Crippen molar-refractivity contribution in [3.63, 3.8) is 0 Å². The van der Waals surface area contributed by atoms with Gasteiger partial charge in [0.1, 0.15) is 5.78 Å². The number of anilines is 2. The van der Waals surface area contributed by atoms with Crippen LogP contribution in [-0.2, 0) is 4.79 Å².